The normalized spacial score (nSPS) is 24.1. The molecule has 6 nitrogen and oxygen atoms in total. The van der Waals surface area contributed by atoms with Crippen molar-refractivity contribution in [3.63, 3.8) is 0 Å². The second kappa shape index (κ2) is 6.76. The maximum absolute atomic E-state index is 12.8. The second-order valence-corrected chi connectivity index (χ2v) is 8.17. The van der Waals surface area contributed by atoms with Gasteiger partial charge in [0, 0.05) is 32.7 Å². The number of fused-ring (bicyclic) bond motifs is 1. The summed E-state index contributed by atoms with van der Waals surface area (Å²) in [5.41, 5.74) is 0.395. The van der Waals surface area contributed by atoms with E-state index < -0.39 is 10.0 Å². The van der Waals surface area contributed by atoms with Gasteiger partial charge in [-0.25, -0.2) is 8.42 Å². The highest BCUT2D eigenvalue weighted by atomic mass is 35.5. The van der Waals surface area contributed by atoms with E-state index in [9.17, 15) is 13.2 Å². The molecule has 0 radical (unpaired) electrons. The molecule has 3 rings (SSSR count). The van der Waals surface area contributed by atoms with Crippen molar-refractivity contribution in [2.75, 3.05) is 40.3 Å². The number of hydrogen-bond acceptors (Lipinski definition) is 4. The molecule has 0 aromatic heterocycles. The van der Waals surface area contributed by atoms with E-state index in [1.54, 1.807) is 36.6 Å². The molecule has 1 N–H and O–H groups in total. The number of hydrogen-bond donors (Lipinski definition) is 1. The molecule has 1 aromatic rings. The third kappa shape index (κ3) is 3.38. The Bertz CT molecular complexity index is 681. The first-order chi connectivity index (χ1) is 10.4. The van der Waals surface area contributed by atoms with Crippen LogP contribution in [0.2, 0.25) is 0 Å². The lowest BCUT2D eigenvalue weighted by Gasteiger charge is -2.18. The first-order valence-electron chi connectivity index (χ1n) is 7.42. The molecule has 2 aliphatic rings. The summed E-state index contributed by atoms with van der Waals surface area (Å²) in [5.74, 6) is 0.613. The summed E-state index contributed by atoms with van der Waals surface area (Å²) in [6.45, 7) is 2.89. The summed E-state index contributed by atoms with van der Waals surface area (Å²) in [5, 5.41) is 3.30. The molecule has 128 valence electrons. The Morgan fingerprint density at radius 1 is 1.22 bits per heavy atom. The van der Waals surface area contributed by atoms with Crippen molar-refractivity contribution in [2.24, 2.45) is 11.8 Å². The molecule has 0 spiro atoms. The Morgan fingerprint density at radius 2 is 1.83 bits per heavy atom. The molecular formula is C15H22ClN3O3S. The van der Waals surface area contributed by atoms with E-state index in [1.165, 1.54) is 11.0 Å². The molecule has 8 heteroatoms. The van der Waals surface area contributed by atoms with E-state index in [0.29, 0.717) is 30.5 Å². The fourth-order valence-electron chi connectivity index (χ4n) is 3.21. The zero-order valence-corrected chi connectivity index (χ0v) is 14.9. The molecule has 2 fully saturated rings. The van der Waals surface area contributed by atoms with Crippen LogP contribution in [0.15, 0.2) is 29.2 Å². The number of rotatable bonds is 3. The van der Waals surface area contributed by atoms with Crippen LogP contribution < -0.4 is 5.32 Å². The molecule has 0 unspecified atom stereocenters. The number of carbonyl (C=O) groups is 1. The zero-order valence-electron chi connectivity index (χ0n) is 13.2. The molecule has 2 heterocycles. The molecule has 23 heavy (non-hydrogen) atoms. The van der Waals surface area contributed by atoms with E-state index in [-0.39, 0.29) is 23.2 Å². The van der Waals surface area contributed by atoms with Crippen molar-refractivity contribution >= 4 is 28.3 Å². The molecule has 0 saturated carbocycles. The number of benzene rings is 1. The van der Waals surface area contributed by atoms with Crippen LogP contribution in [-0.2, 0) is 10.0 Å². The summed E-state index contributed by atoms with van der Waals surface area (Å²) in [7, 11) is -0.226. The van der Waals surface area contributed by atoms with Crippen LogP contribution in [0, 0.1) is 11.8 Å². The third-order valence-corrected chi connectivity index (χ3v) is 6.31. The fourth-order valence-corrected chi connectivity index (χ4v) is 4.81. The van der Waals surface area contributed by atoms with Crippen molar-refractivity contribution in [3.8, 4) is 0 Å². The summed E-state index contributed by atoms with van der Waals surface area (Å²) in [6.07, 6.45) is 0. The lowest BCUT2D eigenvalue weighted by atomic mass is 10.0. The Morgan fingerprint density at radius 3 is 2.39 bits per heavy atom. The monoisotopic (exact) mass is 359 g/mol. The van der Waals surface area contributed by atoms with E-state index in [1.807, 2.05) is 0 Å². The van der Waals surface area contributed by atoms with Crippen molar-refractivity contribution in [1.82, 2.24) is 14.5 Å². The topological polar surface area (TPSA) is 69.7 Å². The number of halogens is 1. The highest BCUT2D eigenvalue weighted by Gasteiger charge is 2.41. The minimum absolute atomic E-state index is 0. The number of nitrogens with one attached hydrogen (secondary N) is 1. The predicted octanol–water partition coefficient (Wildman–Crippen LogP) is 0.650. The summed E-state index contributed by atoms with van der Waals surface area (Å²) in [4.78, 5) is 13.7. The fraction of sp³-hybridized carbons (Fsp3) is 0.533. The lowest BCUT2D eigenvalue weighted by Crippen LogP contribution is -2.32. The molecule has 1 amide bonds. The Labute approximate surface area is 143 Å². The highest BCUT2D eigenvalue weighted by Crippen LogP contribution is 2.30. The number of carbonyl (C=O) groups excluding carboxylic acids is 1. The van der Waals surface area contributed by atoms with Gasteiger partial charge in [-0.3, -0.25) is 4.79 Å². The lowest BCUT2D eigenvalue weighted by molar-refractivity contribution is 0.0827. The van der Waals surface area contributed by atoms with Crippen LogP contribution in [0.1, 0.15) is 10.4 Å². The highest BCUT2D eigenvalue weighted by molar-refractivity contribution is 7.89. The SMILES string of the molecule is CN(C)C(=O)c1cccc(S(=O)(=O)N2C[C@H]3CNC[C@H]3C2)c1.Cl. The minimum atomic E-state index is -3.53. The Hall–Kier alpha value is -1.15. The first kappa shape index (κ1) is 18.2. The van der Waals surface area contributed by atoms with E-state index in [0.717, 1.165) is 13.1 Å². The molecule has 0 bridgehead atoms. The van der Waals surface area contributed by atoms with Crippen LogP contribution in [-0.4, -0.2) is 63.8 Å². The number of sulfonamides is 1. The van der Waals surface area contributed by atoms with Gasteiger partial charge in [0.15, 0.2) is 0 Å². The van der Waals surface area contributed by atoms with Crippen LogP contribution in [0.5, 0.6) is 0 Å². The smallest absolute Gasteiger partial charge is 0.253 e. The average molecular weight is 360 g/mol. The molecular weight excluding hydrogens is 338 g/mol. The van der Waals surface area contributed by atoms with Crippen molar-refractivity contribution in [3.05, 3.63) is 29.8 Å². The van der Waals surface area contributed by atoms with Crippen LogP contribution in [0.3, 0.4) is 0 Å². The summed E-state index contributed by atoms with van der Waals surface area (Å²) < 4.78 is 27.1. The molecule has 2 atom stereocenters. The first-order valence-corrected chi connectivity index (χ1v) is 8.86. The van der Waals surface area contributed by atoms with E-state index in [2.05, 4.69) is 5.32 Å². The predicted molar refractivity (Wildman–Crippen MR) is 90.3 cm³/mol. The van der Waals surface area contributed by atoms with E-state index >= 15 is 0 Å². The van der Waals surface area contributed by atoms with Gasteiger partial charge in [-0.2, -0.15) is 4.31 Å². The van der Waals surface area contributed by atoms with E-state index in [4.69, 9.17) is 0 Å². The van der Waals surface area contributed by atoms with Gasteiger partial charge in [-0.1, -0.05) is 6.07 Å². The van der Waals surface area contributed by atoms with Gasteiger partial charge in [-0.15, -0.1) is 12.4 Å². The Kier molecular flexibility index (Phi) is 5.35. The number of nitrogens with zero attached hydrogens (tertiary/aromatic N) is 2. The standard InChI is InChI=1S/C15H21N3O3S.ClH/c1-17(2)15(19)11-4-3-5-14(6-11)22(20,21)18-9-12-7-16-8-13(12)10-18;/h3-6,12-13,16H,7-10H2,1-2H3;1H/t12-,13+;. The maximum atomic E-state index is 12.8. The van der Waals surface area contributed by atoms with Crippen LogP contribution in [0.4, 0.5) is 0 Å². The minimum Gasteiger partial charge on any atom is -0.345 e. The summed E-state index contributed by atoms with van der Waals surface area (Å²) in [6, 6.07) is 6.31. The Balaban J connectivity index is 0.00000192. The molecule has 2 saturated heterocycles. The van der Waals surface area contributed by atoms with Crippen LogP contribution in [0.25, 0.3) is 0 Å². The van der Waals surface area contributed by atoms with Crippen molar-refractivity contribution in [2.45, 2.75) is 4.90 Å². The second-order valence-electron chi connectivity index (χ2n) is 6.23. The van der Waals surface area contributed by atoms with Crippen LogP contribution >= 0.6 is 12.4 Å². The van der Waals surface area contributed by atoms with Gasteiger partial charge < -0.3 is 10.2 Å². The van der Waals surface area contributed by atoms with Gasteiger partial charge in [-0.05, 0) is 43.1 Å². The molecule has 0 aliphatic carbocycles. The average Bonchev–Trinajstić information content (AvgIpc) is 3.08. The quantitative estimate of drug-likeness (QED) is 0.860. The molecule has 1 aromatic carbocycles. The van der Waals surface area contributed by atoms with Gasteiger partial charge in [0.1, 0.15) is 0 Å². The zero-order chi connectivity index (χ0) is 15.9. The van der Waals surface area contributed by atoms with Crippen molar-refractivity contribution < 1.29 is 13.2 Å². The molecule has 2 aliphatic heterocycles. The van der Waals surface area contributed by atoms with Crippen molar-refractivity contribution in [1.29, 1.82) is 0 Å². The van der Waals surface area contributed by atoms with Gasteiger partial charge in [0.05, 0.1) is 4.90 Å². The van der Waals surface area contributed by atoms with Gasteiger partial charge in [0.25, 0.3) is 5.91 Å². The summed E-state index contributed by atoms with van der Waals surface area (Å²) >= 11 is 0. The maximum Gasteiger partial charge on any atom is 0.253 e. The largest absolute Gasteiger partial charge is 0.345 e. The number of amides is 1. The van der Waals surface area contributed by atoms with Gasteiger partial charge >= 0.3 is 0 Å². The van der Waals surface area contributed by atoms with Gasteiger partial charge in [0.2, 0.25) is 10.0 Å². The third-order valence-electron chi connectivity index (χ3n) is 4.48.